The van der Waals surface area contributed by atoms with Crippen LogP contribution in [0.4, 0.5) is 0 Å². The highest BCUT2D eigenvalue weighted by Gasteiger charge is 2.21. The van der Waals surface area contributed by atoms with Crippen molar-refractivity contribution in [3.05, 3.63) is 17.8 Å². The quantitative estimate of drug-likeness (QED) is 0.399. The Kier molecular flexibility index (Phi) is 9.20. The molecule has 144 valence electrons. The van der Waals surface area contributed by atoms with Crippen LogP contribution in [0.25, 0.3) is 0 Å². The first-order valence-electron chi connectivity index (χ1n) is 9.07. The molecule has 1 aliphatic rings. The van der Waals surface area contributed by atoms with Crippen LogP contribution in [-0.4, -0.2) is 48.6 Å². The number of aliphatic imine (C=N–C) groups is 1. The highest BCUT2D eigenvalue weighted by Crippen LogP contribution is 2.22. The second-order valence-electron chi connectivity index (χ2n) is 7.45. The molecule has 0 aliphatic carbocycles. The van der Waals surface area contributed by atoms with E-state index < -0.39 is 0 Å². The zero-order valence-electron chi connectivity index (χ0n) is 16.3. The summed E-state index contributed by atoms with van der Waals surface area (Å²) >= 11 is 0. The smallest absolute Gasteiger partial charge is 0.213 e. The van der Waals surface area contributed by atoms with Gasteiger partial charge >= 0.3 is 0 Å². The predicted octanol–water partition coefficient (Wildman–Crippen LogP) is 3.13. The first-order chi connectivity index (χ1) is 11.4. The van der Waals surface area contributed by atoms with Crippen molar-refractivity contribution in [2.45, 2.75) is 65.0 Å². The number of guanidine groups is 1. The fourth-order valence-electron chi connectivity index (χ4n) is 3.04. The Morgan fingerprint density at radius 1 is 1.36 bits per heavy atom. The van der Waals surface area contributed by atoms with Crippen LogP contribution in [-0.2, 0) is 12.0 Å². The standard InChI is InChI=1S/C18H33N5O.HI/c1-6-23-10-8-7-9-14(23)11-21-17(19-5)22-13-16-20-12-15(24-16)18(2,3)4;/h12,14H,6-11,13H2,1-5H3,(H2,19,21,22);1H. The van der Waals surface area contributed by atoms with Crippen molar-refractivity contribution < 1.29 is 4.42 Å². The molecule has 1 saturated heterocycles. The van der Waals surface area contributed by atoms with E-state index in [1.807, 2.05) is 6.20 Å². The minimum Gasteiger partial charge on any atom is -0.443 e. The summed E-state index contributed by atoms with van der Waals surface area (Å²) in [6.45, 7) is 12.4. The Balaban J connectivity index is 0.00000312. The molecule has 7 heteroatoms. The third-order valence-electron chi connectivity index (χ3n) is 4.58. The molecule has 1 aromatic rings. The van der Waals surface area contributed by atoms with E-state index in [9.17, 15) is 0 Å². The third kappa shape index (κ3) is 6.77. The first-order valence-corrected chi connectivity index (χ1v) is 9.07. The summed E-state index contributed by atoms with van der Waals surface area (Å²) in [5, 5.41) is 6.73. The second-order valence-corrected chi connectivity index (χ2v) is 7.45. The van der Waals surface area contributed by atoms with Crippen LogP contribution in [0.5, 0.6) is 0 Å². The predicted molar refractivity (Wildman–Crippen MR) is 114 cm³/mol. The van der Waals surface area contributed by atoms with Crippen molar-refractivity contribution in [3.8, 4) is 0 Å². The number of nitrogens with one attached hydrogen (secondary N) is 2. The van der Waals surface area contributed by atoms with E-state index in [1.165, 1.54) is 25.8 Å². The maximum absolute atomic E-state index is 5.81. The van der Waals surface area contributed by atoms with Gasteiger partial charge in [0.1, 0.15) is 5.76 Å². The van der Waals surface area contributed by atoms with Gasteiger partial charge in [0.15, 0.2) is 5.96 Å². The number of nitrogens with zero attached hydrogens (tertiary/aromatic N) is 3. The molecule has 25 heavy (non-hydrogen) atoms. The van der Waals surface area contributed by atoms with Gasteiger partial charge in [0, 0.05) is 25.0 Å². The summed E-state index contributed by atoms with van der Waals surface area (Å²) in [5.41, 5.74) is -0.0181. The molecule has 1 fully saturated rings. The van der Waals surface area contributed by atoms with Crippen molar-refractivity contribution in [1.29, 1.82) is 0 Å². The Bertz CT molecular complexity index is 538. The molecular weight excluding hydrogens is 429 g/mol. The summed E-state index contributed by atoms with van der Waals surface area (Å²) in [6, 6.07) is 0.594. The Morgan fingerprint density at radius 2 is 2.12 bits per heavy atom. The molecule has 1 unspecified atom stereocenters. The van der Waals surface area contributed by atoms with Crippen LogP contribution in [0.15, 0.2) is 15.6 Å². The fourth-order valence-corrected chi connectivity index (χ4v) is 3.04. The number of hydrogen-bond donors (Lipinski definition) is 2. The molecule has 2 rings (SSSR count). The molecule has 0 aromatic carbocycles. The average molecular weight is 463 g/mol. The van der Waals surface area contributed by atoms with Crippen molar-refractivity contribution in [3.63, 3.8) is 0 Å². The van der Waals surface area contributed by atoms with Gasteiger partial charge in [0.25, 0.3) is 0 Å². The molecule has 0 spiro atoms. The van der Waals surface area contributed by atoms with Gasteiger partial charge in [-0.3, -0.25) is 9.89 Å². The normalized spacial score (nSPS) is 19.4. The highest BCUT2D eigenvalue weighted by atomic mass is 127. The van der Waals surface area contributed by atoms with Crippen molar-refractivity contribution in [2.75, 3.05) is 26.7 Å². The Morgan fingerprint density at radius 3 is 2.72 bits per heavy atom. The topological polar surface area (TPSA) is 65.7 Å². The number of halogens is 1. The maximum Gasteiger partial charge on any atom is 0.213 e. The van der Waals surface area contributed by atoms with E-state index in [0.29, 0.717) is 18.5 Å². The van der Waals surface area contributed by atoms with Crippen molar-refractivity contribution >= 4 is 29.9 Å². The highest BCUT2D eigenvalue weighted by molar-refractivity contribution is 14.0. The molecule has 6 nitrogen and oxygen atoms in total. The van der Waals surface area contributed by atoms with Crippen LogP contribution in [0.1, 0.15) is 58.6 Å². The zero-order valence-corrected chi connectivity index (χ0v) is 18.6. The van der Waals surface area contributed by atoms with Crippen molar-refractivity contribution in [2.24, 2.45) is 4.99 Å². The number of rotatable bonds is 5. The molecule has 0 bridgehead atoms. The Labute approximate surface area is 169 Å². The van der Waals surface area contributed by atoms with Crippen LogP contribution in [0.2, 0.25) is 0 Å². The summed E-state index contributed by atoms with van der Waals surface area (Å²) in [4.78, 5) is 11.2. The first kappa shape index (κ1) is 22.2. The lowest BCUT2D eigenvalue weighted by atomic mass is 9.94. The van der Waals surface area contributed by atoms with Gasteiger partial charge in [-0.05, 0) is 25.9 Å². The lowest BCUT2D eigenvalue weighted by Gasteiger charge is -2.35. The number of oxazole rings is 1. The van der Waals surface area contributed by atoms with Crippen LogP contribution in [0.3, 0.4) is 0 Å². The minimum atomic E-state index is -0.0181. The number of likely N-dealkylation sites (tertiary alicyclic amines) is 1. The lowest BCUT2D eigenvalue weighted by molar-refractivity contribution is 0.157. The number of aromatic nitrogens is 1. The zero-order chi connectivity index (χ0) is 17.6. The second kappa shape index (κ2) is 10.4. The molecule has 0 radical (unpaired) electrons. The van der Waals surface area contributed by atoms with E-state index in [2.05, 4.69) is 53.2 Å². The molecule has 2 N–H and O–H groups in total. The summed E-state index contributed by atoms with van der Waals surface area (Å²) < 4.78 is 5.81. The number of piperidine rings is 1. The fraction of sp³-hybridized carbons (Fsp3) is 0.778. The van der Waals surface area contributed by atoms with E-state index in [4.69, 9.17) is 4.42 Å². The van der Waals surface area contributed by atoms with Gasteiger partial charge in [-0.1, -0.05) is 34.1 Å². The molecule has 0 saturated carbocycles. The largest absolute Gasteiger partial charge is 0.443 e. The van der Waals surface area contributed by atoms with Gasteiger partial charge in [-0.2, -0.15) is 0 Å². The monoisotopic (exact) mass is 463 g/mol. The molecular formula is C18H34IN5O. The minimum absolute atomic E-state index is 0. The lowest BCUT2D eigenvalue weighted by Crippen LogP contribution is -2.48. The van der Waals surface area contributed by atoms with Crippen LogP contribution in [0, 0.1) is 0 Å². The summed E-state index contributed by atoms with van der Waals surface area (Å²) in [6.07, 6.45) is 5.71. The van der Waals surface area contributed by atoms with E-state index in [0.717, 1.165) is 24.8 Å². The van der Waals surface area contributed by atoms with E-state index in [-0.39, 0.29) is 29.4 Å². The summed E-state index contributed by atoms with van der Waals surface area (Å²) in [5.74, 6) is 2.39. The van der Waals surface area contributed by atoms with Gasteiger partial charge < -0.3 is 15.1 Å². The van der Waals surface area contributed by atoms with Gasteiger partial charge in [0.05, 0.1) is 12.7 Å². The molecule has 2 heterocycles. The van der Waals surface area contributed by atoms with E-state index >= 15 is 0 Å². The number of likely N-dealkylation sites (N-methyl/N-ethyl adjacent to an activating group) is 1. The summed E-state index contributed by atoms with van der Waals surface area (Å²) in [7, 11) is 1.80. The maximum atomic E-state index is 5.81. The molecule has 1 aromatic heterocycles. The average Bonchev–Trinajstić information content (AvgIpc) is 3.04. The van der Waals surface area contributed by atoms with Gasteiger partial charge in [-0.25, -0.2) is 4.98 Å². The molecule has 0 amide bonds. The van der Waals surface area contributed by atoms with Gasteiger partial charge in [-0.15, -0.1) is 24.0 Å². The molecule has 1 aliphatic heterocycles. The number of hydrogen-bond acceptors (Lipinski definition) is 4. The van der Waals surface area contributed by atoms with Crippen molar-refractivity contribution in [1.82, 2.24) is 20.5 Å². The Hall–Kier alpha value is -0.830. The van der Waals surface area contributed by atoms with Crippen LogP contribution >= 0.6 is 24.0 Å². The van der Waals surface area contributed by atoms with Crippen LogP contribution < -0.4 is 10.6 Å². The SMILES string of the molecule is CCN1CCCCC1CNC(=NC)NCc1ncc(C(C)(C)C)o1.I. The third-order valence-corrected chi connectivity index (χ3v) is 4.58. The van der Waals surface area contributed by atoms with Gasteiger partial charge in [0.2, 0.25) is 5.89 Å². The molecule has 1 atom stereocenters. The van der Waals surface area contributed by atoms with E-state index in [1.54, 1.807) is 7.05 Å².